The van der Waals surface area contributed by atoms with Gasteiger partial charge in [0.25, 0.3) is 0 Å². The Morgan fingerprint density at radius 1 is 0.152 bits per heavy atom. The second-order valence-electron chi connectivity index (χ2n) is 28.3. The van der Waals surface area contributed by atoms with Crippen LogP contribution in [0.3, 0.4) is 0 Å². The fourth-order valence-electron chi connectivity index (χ4n) is 16.5. The third-order valence-electron chi connectivity index (χ3n) is 21.6. The molecule has 0 fully saturated rings. The van der Waals surface area contributed by atoms with Crippen molar-refractivity contribution in [3.8, 4) is 112 Å². The third kappa shape index (κ3) is 11.5. The Morgan fingerprint density at radius 2 is 0.509 bits per heavy atom. The molecular formula is C102H66N10. The molecule has 22 rings (SSSR count). The zero-order valence-electron chi connectivity index (χ0n) is 60.6. The molecule has 0 atom stereocenters. The van der Waals surface area contributed by atoms with E-state index in [9.17, 15) is 0 Å². The van der Waals surface area contributed by atoms with Gasteiger partial charge >= 0.3 is 0 Å². The van der Waals surface area contributed by atoms with Crippen molar-refractivity contribution in [2.45, 2.75) is 0 Å². The van der Waals surface area contributed by atoms with E-state index in [1.807, 2.05) is 104 Å². The molecule has 0 spiro atoms. The Bertz CT molecular complexity index is 6800. The van der Waals surface area contributed by atoms with Gasteiger partial charge in [-0.3, -0.25) is 24.1 Å². The van der Waals surface area contributed by atoms with Crippen LogP contribution >= 0.6 is 0 Å². The fraction of sp³-hybridized carbons (Fsp3) is 0. The maximum Gasteiger partial charge on any atom is 0.145 e. The van der Waals surface area contributed by atoms with Gasteiger partial charge in [-0.2, -0.15) is 0 Å². The Hall–Kier alpha value is -15.3. The number of fused-ring (bicyclic) bond motifs is 12. The monoisotopic (exact) mass is 1430 g/mol. The summed E-state index contributed by atoms with van der Waals surface area (Å²) in [6.45, 7) is 0. The van der Waals surface area contributed by atoms with E-state index in [0.29, 0.717) is 0 Å². The van der Waals surface area contributed by atoms with Crippen LogP contribution in [0.25, 0.3) is 200 Å². The highest BCUT2D eigenvalue weighted by molar-refractivity contribution is 6.14. The normalized spacial score (nSPS) is 11.6. The van der Waals surface area contributed by atoms with Crippen molar-refractivity contribution in [3.05, 3.63) is 401 Å². The lowest BCUT2D eigenvalue weighted by Crippen LogP contribution is -1.96. The Morgan fingerprint density at radius 3 is 1.00 bits per heavy atom. The summed E-state index contributed by atoms with van der Waals surface area (Å²) in [6.07, 6.45) is 9.26. The van der Waals surface area contributed by atoms with Crippen molar-refractivity contribution in [1.29, 1.82) is 0 Å². The van der Waals surface area contributed by atoms with Crippen LogP contribution in [0.15, 0.2) is 401 Å². The zero-order valence-corrected chi connectivity index (χ0v) is 60.6. The Balaban J connectivity index is 0.000000141. The SMILES string of the molecule is c1ccc(-c2cc(-c3cccc(-n4c5ccc(-c6ccc7c8ccccc8n(-c8ccccc8)c7c6)cc5c5cccnc54)c3)cc(-c3ccccn3)n2)cc1.c1ccc(-n2c3ccccc3c3ccc(-c4ccc5c(c4)c4cccnc4n5-c4cccc(-c5cc(-c6ccccn6)cc(-c6ccccn6)c5)c4)cc32)cc1. The molecule has 0 radical (unpaired) electrons. The highest BCUT2D eigenvalue weighted by atomic mass is 15.1. The van der Waals surface area contributed by atoms with Gasteiger partial charge in [-0.25, -0.2) is 15.0 Å². The number of pyridine rings is 6. The minimum atomic E-state index is 0.834. The first kappa shape index (κ1) is 65.1. The van der Waals surface area contributed by atoms with Gasteiger partial charge in [-0.05, 0) is 233 Å². The van der Waals surface area contributed by atoms with Gasteiger partial charge in [0.2, 0.25) is 0 Å². The molecule has 0 unspecified atom stereocenters. The summed E-state index contributed by atoms with van der Waals surface area (Å²) in [5.41, 5.74) is 29.8. The highest BCUT2D eigenvalue weighted by Crippen LogP contribution is 2.43. The summed E-state index contributed by atoms with van der Waals surface area (Å²) in [7, 11) is 0. The summed E-state index contributed by atoms with van der Waals surface area (Å²) in [5.74, 6) is 0. The highest BCUT2D eigenvalue weighted by Gasteiger charge is 2.22. The van der Waals surface area contributed by atoms with E-state index >= 15 is 0 Å². The van der Waals surface area contributed by atoms with Crippen LogP contribution in [-0.2, 0) is 0 Å². The average molecular weight is 1430 g/mol. The smallest absolute Gasteiger partial charge is 0.145 e. The van der Waals surface area contributed by atoms with Crippen LogP contribution in [0.2, 0.25) is 0 Å². The first-order valence-electron chi connectivity index (χ1n) is 37.7. The van der Waals surface area contributed by atoms with Crippen molar-refractivity contribution < 1.29 is 0 Å². The van der Waals surface area contributed by atoms with Gasteiger partial charge in [0.15, 0.2) is 0 Å². The maximum atomic E-state index is 5.06. The van der Waals surface area contributed by atoms with Crippen LogP contribution in [0.4, 0.5) is 0 Å². The van der Waals surface area contributed by atoms with Crippen molar-refractivity contribution in [2.75, 3.05) is 0 Å². The summed E-state index contributed by atoms with van der Waals surface area (Å²) in [5, 5.41) is 9.54. The van der Waals surface area contributed by atoms with Crippen LogP contribution in [-0.4, -0.2) is 48.2 Å². The second kappa shape index (κ2) is 27.5. The number of benzene rings is 12. The molecule has 0 aliphatic heterocycles. The van der Waals surface area contributed by atoms with Gasteiger partial charge in [0.1, 0.15) is 11.3 Å². The van der Waals surface area contributed by atoms with E-state index in [4.69, 9.17) is 15.0 Å². The van der Waals surface area contributed by atoms with Crippen LogP contribution in [0.5, 0.6) is 0 Å². The largest absolute Gasteiger partial charge is 0.309 e. The lowest BCUT2D eigenvalue weighted by molar-refractivity contribution is 1.14. The molecule has 0 amide bonds. The Labute approximate surface area is 645 Å². The van der Waals surface area contributed by atoms with E-state index in [-0.39, 0.29) is 0 Å². The lowest BCUT2D eigenvalue weighted by Gasteiger charge is -2.13. The summed E-state index contributed by atoms with van der Waals surface area (Å²) in [4.78, 5) is 29.0. The summed E-state index contributed by atoms with van der Waals surface area (Å²) >= 11 is 0. The molecule has 10 nitrogen and oxygen atoms in total. The first-order chi connectivity index (χ1) is 55.5. The molecular weight excluding hydrogens is 1370 g/mol. The molecule has 0 aliphatic rings. The first-order valence-corrected chi connectivity index (χ1v) is 37.7. The molecule has 0 aliphatic carbocycles. The molecule has 112 heavy (non-hydrogen) atoms. The van der Waals surface area contributed by atoms with Gasteiger partial charge in [0.05, 0.1) is 61.6 Å². The van der Waals surface area contributed by atoms with E-state index < -0.39 is 0 Å². The van der Waals surface area contributed by atoms with Gasteiger partial charge < -0.3 is 9.13 Å². The van der Waals surface area contributed by atoms with Crippen molar-refractivity contribution in [2.24, 2.45) is 0 Å². The molecule has 0 N–H and O–H groups in total. The predicted molar refractivity (Wildman–Crippen MR) is 460 cm³/mol. The predicted octanol–water partition coefficient (Wildman–Crippen LogP) is 25.5. The molecule has 0 saturated heterocycles. The molecule has 12 aromatic carbocycles. The number of aromatic nitrogens is 10. The average Bonchev–Trinajstić information content (AvgIpc) is 1.59. The second-order valence-corrected chi connectivity index (χ2v) is 28.3. The third-order valence-corrected chi connectivity index (χ3v) is 21.6. The maximum absolute atomic E-state index is 5.06. The molecule has 10 heterocycles. The standard InChI is InChI=1S/2C51H33N5/c1-3-13-34(14-4-1)46-31-38(32-47(54-46)45-21-9-10-27-52-45)35-15-11-18-40(29-35)56-49-26-24-36(30-44(49)43-20-12-28-53-51(43)56)37-23-25-42-41-19-7-8-22-48(41)55(50(42)33-37)39-16-5-2-6-17-39;1-2-13-40(14-3-1)55-48-20-5-4-16-42(48)43-23-21-36(33-50(43)55)35-22-24-49-45(32-35)44-17-11-27-54-51(44)56(49)41-15-10-12-34(31-41)37-28-38(46-18-6-8-25-52-46)30-39(29-37)47-19-7-9-26-53-47/h2*1-33H. The molecule has 0 bridgehead atoms. The molecule has 10 aromatic heterocycles. The van der Waals surface area contributed by atoms with Crippen LogP contribution in [0.1, 0.15) is 0 Å². The number of hydrogen-bond acceptors (Lipinski definition) is 6. The Kier molecular flexibility index (Phi) is 16.0. The van der Waals surface area contributed by atoms with Gasteiger partial charge in [-0.15, -0.1) is 0 Å². The van der Waals surface area contributed by atoms with Crippen LogP contribution in [0, 0.1) is 0 Å². The minimum absolute atomic E-state index is 0.834. The van der Waals surface area contributed by atoms with E-state index in [0.717, 1.165) is 145 Å². The minimum Gasteiger partial charge on any atom is -0.309 e. The zero-order chi connectivity index (χ0) is 74.0. The number of nitrogens with zero attached hydrogens (tertiary/aromatic N) is 10. The quantitative estimate of drug-likeness (QED) is 0.121. The van der Waals surface area contributed by atoms with Gasteiger partial charge in [-0.1, -0.05) is 182 Å². The molecule has 0 saturated carbocycles. The van der Waals surface area contributed by atoms with Crippen molar-refractivity contribution in [3.63, 3.8) is 0 Å². The number of hydrogen-bond donors (Lipinski definition) is 0. The molecule has 10 heteroatoms. The van der Waals surface area contributed by atoms with Gasteiger partial charge in [0, 0.05) is 114 Å². The summed E-state index contributed by atoms with van der Waals surface area (Å²) in [6, 6.07) is 131. The molecule has 524 valence electrons. The van der Waals surface area contributed by atoms with E-state index in [1.165, 1.54) is 54.7 Å². The topological polar surface area (TPSA) is 97.1 Å². The van der Waals surface area contributed by atoms with E-state index in [1.54, 1.807) is 0 Å². The number of rotatable bonds is 12. The van der Waals surface area contributed by atoms with Crippen molar-refractivity contribution >= 4 is 87.5 Å². The molecule has 22 aromatic rings. The summed E-state index contributed by atoms with van der Waals surface area (Å²) < 4.78 is 9.32. The van der Waals surface area contributed by atoms with Crippen molar-refractivity contribution in [1.82, 2.24) is 48.2 Å². The number of para-hydroxylation sites is 4. The fourth-order valence-corrected chi connectivity index (χ4v) is 16.5. The van der Waals surface area contributed by atoms with E-state index in [2.05, 4.69) is 330 Å². The lowest BCUT2D eigenvalue weighted by atomic mass is 9.96. The van der Waals surface area contributed by atoms with Crippen LogP contribution < -0.4 is 0 Å².